The fourth-order valence-corrected chi connectivity index (χ4v) is 3.77. The number of halogens is 1. The van der Waals surface area contributed by atoms with Crippen LogP contribution in [0.5, 0.6) is 0 Å². The van der Waals surface area contributed by atoms with Gasteiger partial charge < -0.3 is 9.67 Å². The maximum atomic E-state index is 13.0. The van der Waals surface area contributed by atoms with E-state index in [9.17, 15) is 14.7 Å². The van der Waals surface area contributed by atoms with Crippen molar-refractivity contribution in [2.45, 2.75) is 40.2 Å². The highest BCUT2D eigenvalue weighted by Crippen LogP contribution is 2.32. The van der Waals surface area contributed by atoms with Gasteiger partial charge in [-0.3, -0.25) is 4.79 Å². The Labute approximate surface area is 169 Å². The number of carbonyl (C=O) groups is 2. The van der Waals surface area contributed by atoms with Gasteiger partial charge in [0.05, 0.1) is 11.1 Å². The first-order valence-electron chi connectivity index (χ1n) is 9.51. The van der Waals surface area contributed by atoms with Gasteiger partial charge in [-0.05, 0) is 30.2 Å². The SMILES string of the molecule is CCCc1c(C(=O)C(C)C)c2ccc(C(=O)O)cc2n1Cc1ccccc1Cl. The van der Waals surface area contributed by atoms with Gasteiger partial charge in [0.25, 0.3) is 0 Å². The summed E-state index contributed by atoms with van der Waals surface area (Å²) in [4.78, 5) is 24.6. The lowest BCUT2D eigenvalue weighted by Crippen LogP contribution is -2.12. The zero-order valence-electron chi connectivity index (χ0n) is 16.3. The number of carboxylic acid groups (broad SMARTS) is 1. The van der Waals surface area contributed by atoms with Crippen LogP contribution in [0, 0.1) is 5.92 Å². The molecule has 0 unspecified atom stereocenters. The predicted octanol–water partition coefficient (Wildman–Crippen LogP) is 5.83. The van der Waals surface area contributed by atoms with E-state index >= 15 is 0 Å². The van der Waals surface area contributed by atoms with E-state index in [2.05, 4.69) is 11.5 Å². The molecule has 3 aromatic rings. The first-order chi connectivity index (χ1) is 13.3. The van der Waals surface area contributed by atoms with Crippen molar-refractivity contribution in [2.75, 3.05) is 0 Å². The number of benzene rings is 2. The first-order valence-corrected chi connectivity index (χ1v) is 9.89. The van der Waals surface area contributed by atoms with Crippen molar-refractivity contribution in [3.05, 3.63) is 69.9 Å². The fourth-order valence-electron chi connectivity index (χ4n) is 3.57. The third kappa shape index (κ3) is 3.69. The summed E-state index contributed by atoms with van der Waals surface area (Å²) >= 11 is 6.38. The van der Waals surface area contributed by atoms with Crippen LogP contribution in [0.1, 0.15) is 59.2 Å². The molecule has 1 N–H and O–H groups in total. The number of nitrogens with zero attached hydrogens (tertiary/aromatic N) is 1. The number of hydrogen-bond acceptors (Lipinski definition) is 2. The Hall–Kier alpha value is -2.59. The molecule has 3 rings (SSSR count). The molecular formula is C23H24ClNO3. The van der Waals surface area contributed by atoms with Crippen LogP contribution in [-0.2, 0) is 13.0 Å². The van der Waals surface area contributed by atoms with E-state index in [1.54, 1.807) is 18.2 Å². The minimum Gasteiger partial charge on any atom is -0.478 e. The lowest BCUT2D eigenvalue weighted by molar-refractivity contribution is 0.0696. The van der Waals surface area contributed by atoms with Gasteiger partial charge in [-0.2, -0.15) is 0 Å². The Morgan fingerprint density at radius 3 is 2.46 bits per heavy atom. The quantitative estimate of drug-likeness (QED) is 0.510. The number of ketones is 1. The molecule has 0 fully saturated rings. The Morgan fingerprint density at radius 1 is 1.14 bits per heavy atom. The molecule has 0 saturated heterocycles. The monoisotopic (exact) mass is 397 g/mol. The number of rotatable bonds is 7. The summed E-state index contributed by atoms with van der Waals surface area (Å²) in [7, 11) is 0. The number of hydrogen-bond donors (Lipinski definition) is 1. The van der Waals surface area contributed by atoms with Crippen molar-refractivity contribution >= 4 is 34.3 Å². The van der Waals surface area contributed by atoms with E-state index in [1.807, 2.05) is 38.1 Å². The molecule has 146 valence electrons. The first kappa shape index (κ1) is 20.2. The number of fused-ring (bicyclic) bond motifs is 1. The van der Waals surface area contributed by atoms with Crippen molar-refractivity contribution in [1.82, 2.24) is 4.57 Å². The van der Waals surface area contributed by atoms with Crippen molar-refractivity contribution in [3.8, 4) is 0 Å². The van der Waals surface area contributed by atoms with Crippen LogP contribution in [0.15, 0.2) is 42.5 Å². The minimum atomic E-state index is -0.985. The molecule has 0 amide bonds. The highest BCUT2D eigenvalue weighted by Gasteiger charge is 2.24. The van der Waals surface area contributed by atoms with Crippen LogP contribution >= 0.6 is 11.6 Å². The van der Waals surface area contributed by atoms with E-state index in [-0.39, 0.29) is 17.3 Å². The molecule has 0 radical (unpaired) electrons. The van der Waals surface area contributed by atoms with Crippen LogP contribution in [0.2, 0.25) is 5.02 Å². The van der Waals surface area contributed by atoms with Gasteiger partial charge in [0.1, 0.15) is 0 Å². The third-order valence-electron chi connectivity index (χ3n) is 4.96. The maximum Gasteiger partial charge on any atom is 0.335 e. The van der Waals surface area contributed by atoms with Crippen LogP contribution < -0.4 is 0 Å². The molecule has 1 aromatic heterocycles. The Bertz CT molecular complexity index is 1050. The standard InChI is InChI=1S/C23H24ClNO3/c1-4-7-19-21(22(26)14(2)3)17-11-10-15(23(27)28)12-20(17)25(19)13-16-8-5-6-9-18(16)24/h5-6,8-12,14H,4,7,13H2,1-3H3,(H,27,28). The summed E-state index contributed by atoms with van der Waals surface area (Å²) in [6, 6.07) is 12.6. The van der Waals surface area contributed by atoms with Crippen molar-refractivity contribution in [1.29, 1.82) is 0 Å². The molecule has 0 aliphatic rings. The molecule has 0 atom stereocenters. The van der Waals surface area contributed by atoms with Crippen LogP contribution in [-0.4, -0.2) is 21.4 Å². The summed E-state index contributed by atoms with van der Waals surface area (Å²) in [6.07, 6.45) is 1.61. The molecule has 28 heavy (non-hydrogen) atoms. The summed E-state index contributed by atoms with van der Waals surface area (Å²) in [5.74, 6) is -1.05. The highest BCUT2D eigenvalue weighted by atomic mass is 35.5. The fraction of sp³-hybridized carbons (Fsp3) is 0.304. The molecule has 0 bridgehead atoms. The highest BCUT2D eigenvalue weighted by molar-refractivity contribution is 6.31. The second-order valence-electron chi connectivity index (χ2n) is 7.31. The Morgan fingerprint density at radius 2 is 1.86 bits per heavy atom. The van der Waals surface area contributed by atoms with Gasteiger partial charge in [0, 0.05) is 34.1 Å². The molecule has 5 heteroatoms. The number of aromatic carboxylic acids is 1. The van der Waals surface area contributed by atoms with Crippen LogP contribution in [0.25, 0.3) is 10.9 Å². The van der Waals surface area contributed by atoms with Gasteiger partial charge in [0.15, 0.2) is 5.78 Å². The molecular weight excluding hydrogens is 374 g/mol. The second kappa shape index (κ2) is 8.19. The van der Waals surface area contributed by atoms with Crippen LogP contribution in [0.4, 0.5) is 0 Å². The molecule has 0 saturated carbocycles. The van der Waals surface area contributed by atoms with Crippen molar-refractivity contribution < 1.29 is 14.7 Å². The van der Waals surface area contributed by atoms with Gasteiger partial charge >= 0.3 is 5.97 Å². The smallest absolute Gasteiger partial charge is 0.335 e. The second-order valence-corrected chi connectivity index (χ2v) is 7.71. The summed E-state index contributed by atoms with van der Waals surface area (Å²) < 4.78 is 2.06. The minimum absolute atomic E-state index is 0.0782. The number of aromatic nitrogens is 1. The third-order valence-corrected chi connectivity index (χ3v) is 5.33. The summed E-state index contributed by atoms with van der Waals surface area (Å²) in [5.41, 5.74) is 3.54. The lowest BCUT2D eigenvalue weighted by Gasteiger charge is -2.13. The Balaban J connectivity index is 2.33. The van der Waals surface area contributed by atoms with Gasteiger partial charge in [-0.25, -0.2) is 4.79 Å². The molecule has 0 aliphatic carbocycles. The molecule has 4 nitrogen and oxygen atoms in total. The average molecular weight is 398 g/mol. The topological polar surface area (TPSA) is 59.3 Å². The molecule has 0 spiro atoms. The van der Waals surface area contributed by atoms with E-state index in [4.69, 9.17) is 11.6 Å². The normalized spacial score (nSPS) is 11.3. The number of carbonyl (C=O) groups excluding carboxylic acids is 1. The van der Waals surface area contributed by atoms with E-state index in [1.165, 1.54) is 0 Å². The van der Waals surface area contributed by atoms with E-state index in [0.29, 0.717) is 17.1 Å². The summed E-state index contributed by atoms with van der Waals surface area (Å²) in [6.45, 7) is 6.34. The van der Waals surface area contributed by atoms with E-state index in [0.717, 1.165) is 35.0 Å². The largest absolute Gasteiger partial charge is 0.478 e. The zero-order chi connectivity index (χ0) is 20.4. The molecule has 2 aromatic carbocycles. The van der Waals surface area contributed by atoms with Gasteiger partial charge in [-0.1, -0.05) is 63.1 Å². The number of Topliss-reactive ketones (excluding diaryl/α,β-unsaturated/α-hetero) is 1. The van der Waals surface area contributed by atoms with Crippen molar-refractivity contribution in [2.24, 2.45) is 5.92 Å². The van der Waals surface area contributed by atoms with Crippen molar-refractivity contribution in [3.63, 3.8) is 0 Å². The van der Waals surface area contributed by atoms with Gasteiger partial charge in [-0.15, -0.1) is 0 Å². The predicted molar refractivity (Wildman–Crippen MR) is 113 cm³/mol. The lowest BCUT2D eigenvalue weighted by atomic mass is 9.96. The molecule has 1 heterocycles. The van der Waals surface area contributed by atoms with Gasteiger partial charge in [0.2, 0.25) is 0 Å². The zero-order valence-corrected chi connectivity index (χ0v) is 17.1. The molecule has 0 aliphatic heterocycles. The summed E-state index contributed by atoms with van der Waals surface area (Å²) in [5, 5.41) is 10.9. The average Bonchev–Trinajstić information content (AvgIpc) is 2.95. The Kier molecular flexibility index (Phi) is 5.90. The maximum absolute atomic E-state index is 13.0. The van der Waals surface area contributed by atoms with Crippen LogP contribution in [0.3, 0.4) is 0 Å². The number of carboxylic acids is 1. The van der Waals surface area contributed by atoms with E-state index < -0.39 is 5.97 Å².